The fourth-order valence-corrected chi connectivity index (χ4v) is 2.77. The van der Waals surface area contributed by atoms with Gasteiger partial charge < -0.3 is 14.2 Å². The Morgan fingerprint density at radius 2 is 1.73 bits per heavy atom. The monoisotopic (exact) mass is 304 g/mol. The first-order valence-corrected chi connectivity index (χ1v) is 6.71. The van der Waals surface area contributed by atoms with Crippen molar-refractivity contribution in [1.82, 2.24) is 0 Å². The lowest BCUT2D eigenvalue weighted by atomic mass is 9.86. The quantitative estimate of drug-likeness (QED) is 0.600. The summed E-state index contributed by atoms with van der Waals surface area (Å²) >= 11 is 0. The molecule has 6 heteroatoms. The van der Waals surface area contributed by atoms with E-state index in [2.05, 4.69) is 0 Å². The second-order valence-corrected chi connectivity index (χ2v) is 5.15. The van der Waals surface area contributed by atoms with Crippen molar-refractivity contribution < 1.29 is 27.8 Å². The number of carbonyl (C=O) groups excluding carboxylic acids is 1. The van der Waals surface area contributed by atoms with Crippen LogP contribution in [0.5, 0.6) is 17.2 Å². The van der Waals surface area contributed by atoms with Crippen molar-refractivity contribution in [3.8, 4) is 17.2 Å². The minimum Gasteiger partial charge on any atom is -0.454 e. The minimum atomic E-state index is -0.946. The molecule has 112 valence electrons. The highest BCUT2D eigenvalue weighted by Gasteiger charge is 2.31. The van der Waals surface area contributed by atoms with Crippen LogP contribution in [0.3, 0.4) is 0 Å². The Balaban J connectivity index is 1.84. The number of benzene rings is 2. The topological polar surface area (TPSA) is 44.8 Å². The van der Waals surface area contributed by atoms with Crippen molar-refractivity contribution in [1.29, 1.82) is 0 Å². The molecular weight excluding hydrogens is 294 g/mol. The SMILES string of the molecule is O=C1C[C@@H](c2ccc(F)c(F)c2)c2cc3c(cc2O1)OCO3. The van der Waals surface area contributed by atoms with E-state index in [9.17, 15) is 13.6 Å². The Morgan fingerprint density at radius 1 is 0.955 bits per heavy atom. The third-order valence-electron chi connectivity index (χ3n) is 3.82. The molecule has 1 atom stereocenters. The molecule has 2 aliphatic heterocycles. The van der Waals surface area contributed by atoms with Crippen LogP contribution in [-0.4, -0.2) is 12.8 Å². The second-order valence-electron chi connectivity index (χ2n) is 5.15. The van der Waals surface area contributed by atoms with Gasteiger partial charge in [-0.2, -0.15) is 0 Å². The Labute approximate surface area is 124 Å². The standard InChI is InChI=1S/C16H10F2O4/c17-11-2-1-8(3-12(11)18)9-5-16(19)22-13-6-15-14(4-10(9)13)20-7-21-15/h1-4,6,9H,5,7H2/t9-/m0/s1. The van der Waals surface area contributed by atoms with E-state index in [1.54, 1.807) is 12.1 Å². The van der Waals surface area contributed by atoms with E-state index in [-0.39, 0.29) is 13.2 Å². The van der Waals surface area contributed by atoms with E-state index in [0.717, 1.165) is 12.1 Å². The molecule has 0 unspecified atom stereocenters. The molecule has 2 aromatic rings. The molecule has 0 saturated heterocycles. The van der Waals surface area contributed by atoms with Gasteiger partial charge in [-0.25, -0.2) is 8.78 Å². The lowest BCUT2D eigenvalue weighted by Crippen LogP contribution is -2.21. The number of rotatable bonds is 1. The van der Waals surface area contributed by atoms with Crippen LogP contribution in [-0.2, 0) is 4.79 Å². The highest BCUT2D eigenvalue weighted by atomic mass is 19.2. The van der Waals surface area contributed by atoms with Crippen molar-refractivity contribution in [2.75, 3.05) is 6.79 Å². The first kappa shape index (κ1) is 13.1. The first-order valence-electron chi connectivity index (χ1n) is 6.71. The van der Waals surface area contributed by atoms with Gasteiger partial charge >= 0.3 is 5.97 Å². The van der Waals surface area contributed by atoms with Crippen molar-refractivity contribution in [3.05, 3.63) is 53.1 Å². The van der Waals surface area contributed by atoms with Crippen molar-refractivity contribution >= 4 is 5.97 Å². The average molecular weight is 304 g/mol. The number of hydrogen-bond donors (Lipinski definition) is 0. The highest BCUT2D eigenvalue weighted by molar-refractivity contribution is 5.78. The number of fused-ring (bicyclic) bond motifs is 2. The van der Waals surface area contributed by atoms with Gasteiger partial charge in [0.15, 0.2) is 23.1 Å². The molecule has 0 spiro atoms. The summed E-state index contributed by atoms with van der Waals surface area (Å²) in [4.78, 5) is 11.8. The Hall–Kier alpha value is -2.63. The van der Waals surface area contributed by atoms with E-state index in [1.165, 1.54) is 6.07 Å². The van der Waals surface area contributed by atoms with Gasteiger partial charge in [0.25, 0.3) is 0 Å². The summed E-state index contributed by atoms with van der Waals surface area (Å²) < 4.78 is 42.4. The van der Waals surface area contributed by atoms with Crippen LogP contribution in [0.15, 0.2) is 30.3 Å². The summed E-state index contributed by atoms with van der Waals surface area (Å²) in [5.74, 6) is -1.31. The summed E-state index contributed by atoms with van der Waals surface area (Å²) in [5.41, 5.74) is 1.20. The van der Waals surface area contributed by atoms with Gasteiger partial charge in [0.2, 0.25) is 6.79 Å². The fourth-order valence-electron chi connectivity index (χ4n) is 2.77. The maximum Gasteiger partial charge on any atom is 0.312 e. The molecule has 0 aliphatic carbocycles. The van der Waals surface area contributed by atoms with Gasteiger partial charge in [0, 0.05) is 17.5 Å². The molecule has 0 aromatic heterocycles. The van der Waals surface area contributed by atoms with Crippen molar-refractivity contribution in [2.24, 2.45) is 0 Å². The summed E-state index contributed by atoms with van der Waals surface area (Å²) in [7, 11) is 0. The molecule has 2 heterocycles. The van der Waals surface area contributed by atoms with Crippen molar-refractivity contribution in [2.45, 2.75) is 12.3 Å². The van der Waals surface area contributed by atoms with Gasteiger partial charge in [-0.3, -0.25) is 4.79 Å². The average Bonchev–Trinajstić information content (AvgIpc) is 2.94. The number of esters is 1. The lowest BCUT2D eigenvalue weighted by molar-refractivity contribution is -0.135. The molecule has 2 aliphatic rings. The Bertz CT molecular complexity index is 788. The van der Waals surface area contributed by atoms with Crippen LogP contribution in [0.25, 0.3) is 0 Å². The molecular formula is C16H10F2O4. The number of halogens is 2. The molecule has 0 saturated carbocycles. The van der Waals surface area contributed by atoms with Crippen LogP contribution in [0, 0.1) is 11.6 Å². The Morgan fingerprint density at radius 3 is 2.50 bits per heavy atom. The molecule has 2 aromatic carbocycles. The zero-order valence-corrected chi connectivity index (χ0v) is 11.3. The molecule has 0 N–H and O–H groups in total. The molecule has 22 heavy (non-hydrogen) atoms. The maximum atomic E-state index is 13.5. The van der Waals surface area contributed by atoms with Gasteiger partial charge in [0.1, 0.15) is 5.75 Å². The van der Waals surface area contributed by atoms with Crippen molar-refractivity contribution in [3.63, 3.8) is 0 Å². The van der Waals surface area contributed by atoms with E-state index in [1.807, 2.05) is 0 Å². The minimum absolute atomic E-state index is 0.0533. The summed E-state index contributed by atoms with van der Waals surface area (Å²) in [6.45, 7) is 0.0992. The smallest absolute Gasteiger partial charge is 0.312 e. The largest absolute Gasteiger partial charge is 0.454 e. The Kier molecular flexibility index (Phi) is 2.79. The third kappa shape index (κ3) is 1.99. The van der Waals surface area contributed by atoms with Crippen LogP contribution >= 0.6 is 0 Å². The number of hydrogen-bond acceptors (Lipinski definition) is 4. The lowest BCUT2D eigenvalue weighted by Gasteiger charge is -2.25. The summed E-state index contributed by atoms with van der Waals surface area (Å²) in [5, 5.41) is 0. The zero-order chi connectivity index (χ0) is 15.3. The van der Waals surface area contributed by atoms with E-state index in [0.29, 0.717) is 28.4 Å². The molecule has 4 nitrogen and oxygen atoms in total. The van der Waals surface area contributed by atoms with Crippen LogP contribution in [0.4, 0.5) is 8.78 Å². The normalized spacial score (nSPS) is 18.8. The summed E-state index contributed by atoms with van der Waals surface area (Å²) in [6.07, 6.45) is 0.0533. The first-order chi connectivity index (χ1) is 10.6. The molecule has 0 bridgehead atoms. The van der Waals surface area contributed by atoms with Gasteiger partial charge in [-0.1, -0.05) is 6.07 Å². The number of ether oxygens (including phenoxy) is 3. The third-order valence-corrected chi connectivity index (χ3v) is 3.82. The van der Waals surface area contributed by atoms with Crippen LogP contribution in [0.1, 0.15) is 23.5 Å². The van der Waals surface area contributed by atoms with Gasteiger partial charge in [0.05, 0.1) is 6.42 Å². The molecule has 0 amide bonds. The summed E-state index contributed by atoms with van der Waals surface area (Å²) in [6, 6.07) is 6.93. The number of carbonyl (C=O) groups is 1. The maximum absolute atomic E-state index is 13.5. The molecule has 4 rings (SSSR count). The van der Waals surface area contributed by atoms with Crippen LogP contribution < -0.4 is 14.2 Å². The zero-order valence-electron chi connectivity index (χ0n) is 11.3. The molecule has 0 radical (unpaired) electrons. The fraction of sp³-hybridized carbons (Fsp3) is 0.188. The van der Waals surface area contributed by atoms with Gasteiger partial charge in [-0.15, -0.1) is 0 Å². The highest BCUT2D eigenvalue weighted by Crippen LogP contribution is 2.46. The van der Waals surface area contributed by atoms with Crippen LogP contribution in [0.2, 0.25) is 0 Å². The second kappa shape index (κ2) is 4.69. The molecule has 0 fully saturated rings. The van der Waals surface area contributed by atoms with E-state index < -0.39 is 23.5 Å². The predicted octanol–water partition coefficient (Wildman–Crippen LogP) is 3.13. The predicted molar refractivity (Wildman–Crippen MR) is 71.0 cm³/mol. The van der Waals surface area contributed by atoms with E-state index in [4.69, 9.17) is 14.2 Å². The van der Waals surface area contributed by atoms with E-state index >= 15 is 0 Å². The van der Waals surface area contributed by atoms with Gasteiger partial charge in [-0.05, 0) is 23.8 Å².